The maximum atomic E-state index is 12.1. The Labute approximate surface area is 156 Å². The van der Waals surface area contributed by atoms with Gasteiger partial charge in [0.25, 0.3) is 5.91 Å². The van der Waals surface area contributed by atoms with Crippen LogP contribution >= 0.6 is 11.3 Å². The van der Waals surface area contributed by atoms with E-state index in [1.807, 2.05) is 0 Å². The fourth-order valence-corrected chi connectivity index (χ4v) is 3.42. The highest BCUT2D eigenvalue weighted by Crippen LogP contribution is 2.29. The molecule has 0 aliphatic carbocycles. The van der Waals surface area contributed by atoms with Crippen LogP contribution in [-0.2, 0) is 4.79 Å². The van der Waals surface area contributed by atoms with Gasteiger partial charge in [-0.2, -0.15) is 0 Å². The molecule has 0 radical (unpaired) electrons. The number of nitrogens with one attached hydrogen (secondary N) is 1. The van der Waals surface area contributed by atoms with E-state index in [1.165, 1.54) is 25.4 Å². The fraction of sp³-hybridized carbons (Fsp3) is 0.444. The number of amides is 1. The quantitative estimate of drug-likeness (QED) is 0.671. The summed E-state index contributed by atoms with van der Waals surface area (Å²) in [5.74, 6) is 0.741. The lowest BCUT2D eigenvalue weighted by Gasteiger charge is -2.11. The van der Waals surface area contributed by atoms with Gasteiger partial charge in [0, 0.05) is 11.5 Å². The molecule has 0 saturated heterocycles. The van der Waals surface area contributed by atoms with Gasteiger partial charge in [-0.25, -0.2) is 0 Å². The molecule has 1 aromatic carbocycles. The molecule has 1 amide bonds. The first-order valence-electron chi connectivity index (χ1n) is 8.43. The summed E-state index contributed by atoms with van der Waals surface area (Å²) in [6.45, 7) is 5.48. The highest BCUT2D eigenvalue weighted by atomic mass is 32.1. The monoisotopic (exact) mass is 377 g/mol. The molecule has 1 heterocycles. The third kappa shape index (κ3) is 5.01. The molecule has 2 rings (SSSR count). The molecule has 1 N–H and O–H groups in total. The SMILES string of the molecule is CCC(CC)c1nnc(NC(=O)COc2ccc(C(C)=O)cc2OC)s1. The number of aromatic nitrogens is 2. The van der Waals surface area contributed by atoms with Gasteiger partial charge in [-0.3, -0.25) is 14.9 Å². The predicted molar refractivity (Wildman–Crippen MR) is 100 cm³/mol. The predicted octanol–water partition coefficient (Wildman–Crippen LogP) is 3.67. The van der Waals surface area contributed by atoms with Crippen molar-refractivity contribution in [1.29, 1.82) is 0 Å². The van der Waals surface area contributed by atoms with Crippen molar-refractivity contribution in [3.63, 3.8) is 0 Å². The minimum absolute atomic E-state index is 0.0721. The zero-order valence-electron chi connectivity index (χ0n) is 15.4. The van der Waals surface area contributed by atoms with Gasteiger partial charge in [0.15, 0.2) is 23.9 Å². The molecule has 0 saturated carbocycles. The van der Waals surface area contributed by atoms with Crippen molar-refractivity contribution in [3.05, 3.63) is 28.8 Å². The Morgan fingerprint density at radius 1 is 1.19 bits per heavy atom. The van der Waals surface area contributed by atoms with Crippen LogP contribution in [0.15, 0.2) is 18.2 Å². The Balaban J connectivity index is 1.96. The van der Waals surface area contributed by atoms with Gasteiger partial charge in [0.05, 0.1) is 7.11 Å². The van der Waals surface area contributed by atoms with E-state index >= 15 is 0 Å². The number of ketones is 1. The maximum Gasteiger partial charge on any atom is 0.264 e. The van der Waals surface area contributed by atoms with Crippen molar-refractivity contribution in [2.75, 3.05) is 19.0 Å². The number of benzene rings is 1. The summed E-state index contributed by atoms with van der Waals surface area (Å²) in [6, 6.07) is 4.83. The van der Waals surface area contributed by atoms with E-state index in [9.17, 15) is 9.59 Å². The summed E-state index contributed by atoms with van der Waals surface area (Å²) in [5, 5.41) is 12.2. The Hall–Kier alpha value is -2.48. The number of rotatable bonds is 9. The number of carbonyl (C=O) groups is 2. The van der Waals surface area contributed by atoms with E-state index in [2.05, 4.69) is 29.4 Å². The summed E-state index contributed by atoms with van der Waals surface area (Å²) >= 11 is 1.38. The number of anilines is 1. The molecule has 0 aliphatic heterocycles. The number of ether oxygens (including phenoxy) is 2. The average Bonchev–Trinajstić information content (AvgIpc) is 3.08. The Morgan fingerprint density at radius 2 is 1.92 bits per heavy atom. The van der Waals surface area contributed by atoms with Crippen LogP contribution in [0.1, 0.15) is 54.9 Å². The van der Waals surface area contributed by atoms with Gasteiger partial charge in [-0.1, -0.05) is 25.2 Å². The van der Waals surface area contributed by atoms with Crippen LogP contribution in [-0.4, -0.2) is 35.6 Å². The highest BCUT2D eigenvalue weighted by Gasteiger charge is 2.15. The van der Waals surface area contributed by atoms with Crippen LogP contribution in [0.5, 0.6) is 11.5 Å². The van der Waals surface area contributed by atoms with Gasteiger partial charge >= 0.3 is 0 Å². The summed E-state index contributed by atoms with van der Waals surface area (Å²) in [5.41, 5.74) is 0.515. The Morgan fingerprint density at radius 3 is 2.54 bits per heavy atom. The van der Waals surface area contributed by atoms with Crippen molar-refractivity contribution in [1.82, 2.24) is 10.2 Å². The molecule has 2 aromatic rings. The molecular weight excluding hydrogens is 354 g/mol. The molecule has 0 atom stereocenters. The first-order chi connectivity index (χ1) is 12.5. The number of hydrogen-bond donors (Lipinski definition) is 1. The van der Waals surface area contributed by atoms with E-state index < -0.39 is 0 Å². The van der Waals surface area contributed by atoms with Crippen molar-refractivity contribution in [2.45, 2.75) is 39.5 Å². The van der Waals surface area contributed by atoms with E-state index in [0.717, 1.165) is 17.8 Å². The normalized spacial score (nSPS) is 10.7. The highest BCUT2D eigenvalue weighted by molar-refractivity contribution is 7.15. The molecule has 8 heteroatoms. The summed E-state index contributed by atoms with van der Waals surface area (Å²) in [4.78, 5) is 23.5. The largest absolute Gasteiger partial charge is 0.493 e. The Bertz CT molecular complexity index is 772. The lowest BCUT2D eigenvalue weighted by atomic mass is 10.1. The van der Waals surface area contributed by atoms with Gasteiger partial charge in [-0.15, -0.1) is 10.2 Å². The maximum absolute atomic E-state index is 12.1. The fourth-order valence-electron chi connectivity index (χ4n) is 2.39. The Kier molecular flexibility index (Phi) is 7.08. The van der Waals surface area contributed by atoms with E-state index in [4.69, 9.17) is 9.47 Å². The third-order valence-electron chi connectivity index (χ3n) is 3.95. The van der Waals surface area contributed by atoms with Crippen molar-refractivity contribution in [3.8, 4) is 11.5 Å². The molecule has 7 nitrogen and oxygen atoms in total. The van der Waals surface area contributed by atoms with Gasteiger partial charge in [0.2, 0.25) is 5.13 Å². The lowest BCUT2D eigenvalue weighted by Crippen LogP contribution is -2.20. The molecule has 0 bridgehead atoms. The van der Waals surface area contributed by atoms with Gasteiger partial charge in [-0.05, 0) is 38.0 Å². The molecule has 0 unspecified atom stereocenters. The van der Waals surface area contributed by atoms with Crippen LogP contribution in [0.4, 0.5) is 5.13 Å². The topological polar surface area (TPSA) is 90.4 Å². The standard InChI is InChI=1S/C18H23N3O4S/c1-5-12(6-2)17-20-21-18(26-17)19-16(23)10-25-14-8-7-13(11(3)22)9-15(14)24-4/h7-9,12H,5-6,10H2,1-4H3,(H,19,21,23). The molecule has 1 aromatic heterocycles. The van der Waals surface area contributed by atoms with Gasteiger partial charge < -0.3 is 9.47 Å². The molecular formula is C18H23N3O4S. The third-order valence-corrected chi connectivity index (χ3v) is 4.95. The van der Waals surface area contributed by atoms with E-state index in [1.54, 1.807) is 18.2 Å². The summed E-state index contributed by atoms with van der Waals surface area (Å²) in [7, 11) is 1.48. The zero-order valence-corrected chi connectivity index (χ0v) is 16.2. The second-order valence-electron chi connectivity index (χ2n) is 5.72. The second-order valence-corrected chi connectivity index (χ2v) is 6.73. The number of nitrogens with zero attached hydrogens (tertiary/aromatic N) is 2. The smallest absolute Gasteiger partial charge is 0.264 e. The second kappa shape index (κ2) is 9.28. The summed E-state index contributed by atoms with van der Waals surface area (Å²) in [6.07, 6.45) is 1.97. The van der Waals surface area contributed by atoms with Crippen LogP contribution in [0, 0.1) is 0 Å². The van der Waals surface area contributed by atoms with Crippen LogP contribution in [0.25, 0.3) is 0 Å². The average molecular weight is 377 g/mol. The molecule has 0 fully saturated rings. The van der Waals surface area contributed by atoms with E-state index in [0.29, 0.717) is 28.1 Å². The van der Waals surface area contributed by atoms with E-state index in [-0.39, 0.29) is 18.3 Å². The number of carbonyl (C=O) groups excluding carboxylic acids is 2. The molecule has 140 valence electrons. The summed E-state index contributed by atoms with van der Waals surface area (Å²) < 4.78 is 10.7. The molecule has 0 spiro atoms. The van der Waals surface area contributed by atoms with Crippen LogP contribution in [0.3, 0.4) is 0 Å². The minimum atomic E-state index is -0.338. The first kappa shape index (κ1) is 19.8. The molecule has 0 aliphatic rings. The number of methoxy groups -OCH3 is 1. The van der Waals surface area contributed by atoms with Crippen molar-refractivity contribution in [2.24, 2.45) is 0 Å². The number of Topliss-reactive ketones (excluding diaryl/α,β-unsaturated/α-hetero) is 1. The van der Waals surface area contributed by atoms with Crippen molar-refractivity contribution < 1.29 is 19.1 Å². The van der Waals surface area contributed by atoms with Gasteiger partial charge in [0.1, 0.15) is 5.01 Å². The van der Waals surface area contributed by atoms with Crippen LogP contribution < -0.4 is 14.8 Å². The zero-order chi connectivity index (χ0) is 19.1. The van der Waals surface area contributed by atoms with Crippen LogP contribution in [0.2, 0.25) is 0 Å². The minimum Gasteiger partial charge on any atom is -0.493 e. The van der Waals surface area contributed by atoms with Crippen molar-refractivity contribution >= 4 is 28.2 Å². The number of hydrogen-bond acceptors (Lipinski definition) is 7. The first-order valence-corrected chi connectivity index (χ1v) is 9.25. The molecule has 26 heavy (non-hydrogen) atoms. The lowest BCUT2D eigenvalue weighted by molar-refractivity contribution is -0.118.